The van der Waals surface area contributed by atoms with Crippen LogP contribution in [-0.4, -0.2) is 34.2 Å². The van der Waals surface area contributed by atoms with Crippen molar-refractivity contribution in [3.63, 3.8) is 0 Å². The minimum absolute atomic E-state index is 0.164. The first kappa shape index (κ1) is 19.1. The van der Waals surface area contributed by atoms with Gasteiger partial charge in [0.05, 0.1) is 13.7 Å². The zero-order chi connectivity index (χ0) is 18.9. The quantitative estimate of drug-likeness (QED) is 0.428. The van der Waals surface area contributed by atoms with Gasteiger partial charge in [0.2, 0.25) is 0 Å². The third-order valence-corrected chi connectivity index (χ3v) is 5.10. The van der Waals surface area contributed by atoms with Gasteiger partial charge in [0.1, 0.15) is 11.5 Å². The summed E-state index contributed by atoms with van der Waals surface area (Å²) in [5.74, 6) is 2.46. The molecule has 1 aromatic heterocycles. The largest absolute Gasteiger partial charge is 0.497 e. The molecule has 0 bridgehead atoms. The number of benzene rings is 2. The van der Waals surface area contributed by atoms with Crippen molar-refractivity contribution in [2.45, 2.75) is 24.5 Å². The van der Waals surface area contributed by atoms with Gasteiger partial charge in [0, 0.05) is 12.3 Å². The van der Waals surface area contributed by atoms with E-state index in [1.54, 1.807) is 23.4 Å². The lowest BCUT2D eigenvalue weighted by atomic mass is 10.1. The maximum Gasteiger partial charge on any atom is 0.343 e. The molecule has 0 saturated carbocycles. The fraction of sp³-hybridized carbons (Fsp3) is 0.300. The smallest absolute Gasteiger partial charge is 0.343 e. The Bertz CT molecular complexity index is 875. The molecule has 3 rings (SSSR count). The van der Waals surface area contributed by atoms with Gasteiger partial charge in [-0.2, -0.15) is 0 Å². The number of hydrogen-bond donors (Lipinski definition) is 1. The molecule has 0 aliphatic heterocycles. The number of methoxy groups -OCH3 is 1. The summed E-state index contributed by atoms with van der Waals surface area (Å²) in [7, 11) is 1.64. The Morgan fingerprint density at radius 1 is 1.07 bits per heavy atom. The first-order valence-corrected chi connectivity index (χ1v) is 9.83. The van der Waals surface area contributed by atoms with Crippen molar-refractivity contribution in [2.24, 2.45) is 0 Å². The van der Waals surface area contributed by atoms with Gasteiger partial charge >= 0.3 is 5.69 Å². The molecule has 6 nitrogen and oxygen atoms in total. The molecule has 7 heteroatoms. The van der Waals surface area contributed by atoms with Gasteiger partial charge < -0.3 is 9.47 Å². The summed E-state index contributed by atoms with van der Waals surface area (Å²) in [4.78, 5) is 12.0. The summed E-state index contributed by atoms with van der Waals surface area (Å²) >= 11 is 1.56. The number of aromatic nitrogens is 3. The number of nitrogens with one attached hydrogen (secondary N) is 1. The Kier molecular flexibility index (Phi) is 6.98. The second-order valence-corrected chi connectivity index (χ2v) is 6.99. The van der Waals surface area contributed by atoms with Crippen LogP contribution in [0.5, 0.6) is 11.5 Å². The molecule has 0 spiro atoms. The van der Waals surface area contributed by atoms with Gasteiger partial charge in [-0.1, -0.05) is 42.1 Å². The molecule has 0 saturated heterocycles. The molecule has 1 heterocycles. The molecule has 27 heavy (non-hydrogen) atoms. The van der Waals surface area contributed by atoms with Crippen LogP contribution in [0, 0.1) is 0 Å². The maximum atomic E-state index is 12.0. The van der Waals surface area contributed by atoms with E-state index in [2.05, 4.69) is 22.3 Å². The second-order valence-electron chi connectivity index (χ2n) is 5.92. The highest BCUT2D eigenvalue weighted by atomic mass is 32.2. The number of aryl methyl sites for hydroxylation is 1. The van der Waals surface area contributed by atoms with Crippen LogP contribution < -0.4 is 15.2 Å². The minimum atomic E-state index is -0.164. The predicted octanol–water partition coefficient (Wildman–Crippen LogP) is 3.38. The molecule has 0 radical (unpaired) electrons. The van der Waals surface area contributed by atoms with Crippen molar-refractivity contribution < 1.29 is 9.47 Å². The average molecular weight is 385 g/mol. The highest BCUT2D eigenvalue weighted by Crippen LogP contribution is 2.18. The van der Waals surface area contributed by atoms with E-state index in [1.165, 1.54) is 5.56 Å². The standard InChI is InChI=1S/C20H23N3O3S/c1-25-17-8-10-18(11-9-17)26-14-5-15-27-20-22-21-19(24)23(20)13-12-16-6-3-2-4-7-16/h2-4,6-11H,5,12-15H2,1H3,(H,21,24). The molecular formula is C20H23N3O3S. The molecule has 0 aliphatic carbocycles. The van der Waals surface area contributed by atoms with Crippen LogP contribution in [0.4, 0.5) is 0 Å². The van der Waals surface area contributed by atoms with Crippen molar-refractivity contribution in [1.82, 2.24) is 14.8 Å². The molecule has 0 fully saturated rings. The first-order chi connectivity index (χ1) is 13.3. The van der Waals surface area contributed by atoms with E-state index in [1.807, 2.05) is 42.5 Å². The van der Waals surface area contributed by atoms with Crippen LogP contribution in [-0.2, 0) is 13.0 Å². The number of nitrogens with zero attached hydrogens (tertiary/aromatic N) is 2. The van der Waals surface area contributed by atoms with Crippen molar-refractivity contribution >= 4 is 11.8 Å². The molecule has 1 N–H and O–H groups in total. The third kappa shape index (κ3) is 5.65. The van der Waals surface area contributed by atoms with Crippen LogP contribution in [0.15, 0.2) is 64.5 Å². The van der Waals surface area contributed by atoms with E-state index in [-0.39, 0.29) is 5.69 Å². The molecule has 3 aromatic rings. The molecule has 142 valence electrons. The van der Waals surface area contributed by atoms with Gasteiger partial charge in [0.25, 0.3) is 0 Å². The van der Waals surface area contributed by atoms with Crippen LogP contribution in [0.25, 0.3) is 0 Å². The minimum Gasteiger partial charge on any atom is -0.497 e. The molecule has 0 unspecified atom stereocenters. The van der Waals surface area contributed by atoms with Crippen molar-refractivity contribution in [2.75, 3.05) is 19.5 Å². The third-order valence-electron chi connectivity index (χ3n) is 4.04. The summed E-state index contributed by atoms with van der Waals surface area (Å²) in [5.41, 5.74) is 1.04. The van der Waals surface area contributed by atoms with E-state index >= 15 is 0 Å². The number of hydrogen-bond acceptors (Lipinski definition) is 5. The van der Waals surface area contributed by atoms with Gasteiger partial charge in [-0.3, -0.25) is 4.57 Å². The lowest BCUT2D eigenvalue weighted by Gasteiger charge is -2.08. The van der Waals surface area contributed by atoms with E-state index < -0.39 is 0 Å². The van der Waals surface area contributed by atoms with E-state index in [0.29, 0.717) is 13.2 Å². The van der Waals surface area contributed by atoms with Crippen molar-refractivity contribution in [3.8, 4) is 11.5 Å². The average Bonchev–Trinajstić information content (AvgIpc) is 3.07. The Morgan fingerprint density at radius 2 is 1.81 bits per heavy atom. The predicted molar refractivity (Wildman–Crippen MR) is 107 cm³/mol. The maximum absolute atomic E-state index is 12.0. The van der Waals surface area contributed by atoms with Crippen molar-refractivity contribution in [3.05, 3.63) is 70.6 Å². The summed E-state index contributed by atoms with van der Waals surface area (Å²) < 4.78 is 12.5. The molecular weight excluding hydrogens is 362 g/mol. The second kappa shape index (κ2) is 9.87. The molecule has 0 atom stereocenters. The lowest BCUT2D eigenvalue weighted by Crippen LogP contribution is -2.19. The fourth-order valence-electron chi connectivity index (χ4n) is 2.58. The first-order valence-electron chi connectivity index (χ1n) is 8.85. The Hall–Kier alpha value is -2.67. The molecule has 0 amide bonds. The monoisotopic (exact) mass is 385 g/mol. The zero-order valence-corrected chi connectivity index (χ0v) is 16.1. The van der Waals surface area contributed by atoms with Gasteiger partial charge in [0.15, 0.2) is 5.16 Å². The number of ether oxygens (including phenoxy) is 2. The van der Waals surface area contributed by atoms with Crippen LogP contribution in [0.1, 0.15) is 12.0 Å². The lowest BCUT2D eigenvalue weighted by molar-refractivity contribution is 0.318. The van der Waals surface area contributed by atoms with E-state index in [4.69, 9.17) is 9.47 Å². The van der Waals surface area contributed by atoms with E-state index in [0.717, 1.165) is 35.2 Å². The Labute approximate surface area is 162 Å². The Morgan fingerprint density at radius 3 is 2.56 bits per heavy atom. The molecule has 0 aliphatic rings. The number of thioether (sulfide) groups is 1. The summed E-state index contributed by atoms with van der Waals surface area (Å²) in [5, 5.41) is 7.40. The van der Waals surface area contributed by atoms with Gasteiger partial charge in [-0.15, -0.1) is 5.10 Å². The molecule has 2 aromatic carbocycles. The van der Waals surface area contributed by atoms with Gasteiger partial charge in [-0.05, 0) is 42.7 Å². The number of H-pyrrole nitrogens is 1. The van der Waals surface area contributed by atoms with Crippen molar-refractivity contribution in [1.29, 1.82) is 0 Å². The fourth-order valence-corrected chi connectivity index (χ4v) is 3.47. The summed E-state index contributed by atoms with van der Waals surface area (Å²) in [6.07, 6.45) is 1.66. The SMILES string of the molecule is COc1ccc(OCCCSc2n[nH]c(=O)n2CCc2ccccc2)cc1. The van der Waals surface area contributed by atoms with Crippen LogP contribution >= 0.6 is 11.8 Å². The van der Waals surface area contributed by atoms with E-state index in [9.17, 15) is 4.79 Å². The van der Waals surface area contributed by atoms with Gasteiger partial charge in [-0.25, -0.2) is 9.89 Å². The normalized spacial score (nSPS) is 10.7. The topological polar surface area (TPSA) is 69.1 Å². The highest BCUT2D eigenvalue weighted by Gasteiger charge is 2.09. The summed E-state index contributed by atoms with van der Waals surface area (Å²) in [6, 6.07) is 17.7. The Balaban J connectivity index is 1.43. The number of aromatic amines is 1. The summed E-state index contributed by atoms with van der Waals surface area (Å²) in [6.45, 7) is 1.22. The zero-order valence-electron chi connectivity index (χ0n) is 15.3. The van der Waals surface area contributed by atoms with Crippen LogP contribution in [0.3, 0.4) is 0 Å². The highest BCUT2D eigenvalue weighted by molar-refractivity contribution is 7.99. The number of rotatable bonds is 10. The van der Waals surface area contributed by atoms with Crippen LogP contribution in [0.2, 0.25) is 0 Å².